The molecule has 0 saturated heterocycles. The first-order valence-electron chi connectivity index (χ1n) is 22.9. The third-order valence-corrected chi connectivity index (χ3v) is 13.7. The van der Waals surface area contributed by atoms with E-state index in [1.54, 1.807) is 115 Å². The molecule has 6 aromatic rings. The van der Waals surface area contributed by atoms with Crippen LogP contribution in [0.25, 0.3) is 0 Å². The summed E-state index contributed by atoms with van der Waals surface area (Å²) in [5, 5.41) is 38.7. The van der Waals surface area contributed by atoms with Crippen LogP contribution >= 0.6 is 0 Å². The Hall–Kier alpha value is -7.40. The summed E-state index contributed by atoms with van der Waals surface area (Å²) in [6, 6.07) is 26.7. The Bertz CT molecular complexity index is 2920. The zero-order chi connectivity index (χ0) is 50.2. The van der Waals surface area contributed by atoms with Crippen molar-refractivity contribution in [2.24, 2.45) is 0 Å². The second kappa shape index (κ2) is 20.1. The van der Waals surface area contributed by atoms with Gasteiger partial charge in [0.15, 0.2) is 46.7 Å². The maximum Gasteiger partial charge on any atom is 0.161 e. The van der Waals surface area contributed by atoms with Crippen LogP contribution in [0.15, 0.2) is 91.0 Å². The van der Waals surface area contributed by atoms with Crippen molar-refractivity contribution in [3.8, 4) is 74.7 Å². The molecule has 3 aliphatic rings. The Kier molecular flexibility index (Phi) is 13.8. The third kappa shape index (κ3) is 8.38. The van der Waals surface area contributed by atoms with Crippen LogP contribution in [0, 0.1) is 0 Å². The summed E-state index contributed by atoms with van der Waals surface area (Å²) in [4.78, 5) is 0. The van der Waals surface area contributed by atoms with E-state index in [-0.39, 0.29) is 17.9 Å². The third-order valence-electron chi connectivity index (χ3n) is 13.7. The molecular weight excluding hydrogens is 917 g/mol. The number of hydrogen-bond donors (Lipinski definition) is 3. The molecule has 0 saturated carbocycles. The molecule has 3 heterocycles. The normalized spacial score (nSPS) is 21.9. The molecule has 71 heavy (non-hydrogen) atoms. The molecule has 0 aromatic heterocycles. The second-order valence-corrected chi connectivity index (χ2v) is 17.2. The van der Waals surface area contributed by atoms with E-state index in [0.29, 0.717) is 108 Å². The van der Waals surface area contributed by atoms with Gasteiger partial charge in [-0.15, -0.1) is 0 Å². The van der Waals surface area contributed by atoms with Crippen LogP contribution in [0.2, 0.25) is 0 Å². The van der Waals surface area contributed by atoms with Gasteiger partial charge in [-0.1, -0.05) is 30.3 Å². The van der Waals surface area contributed by atoms with E-state index in [2.05, 4.69) is 0 Å². The zero-order valence-corrected chi connectivity index (χ0v) is 41.1. The maximum atomic E-state index is 13.2. The maximum absolute atomic E-state index is 13.2. The largest absolute Gasteiger partial charge is 0.497 e. The van der Waals surface area contributed by atoms with Crippen LogP contribution in [0.4, 0.5) is 0 Å². The summed E-state index contributed by atoms with van der Waals surface area (Å²) in [5.41, 5.74) is 4.17. The molecule has 6 aromatic carbocycles. The summed E-state index contributed by atoms with van der Waals surface area (Å²) < 4.78 is 79.0. The van der Waals surface area contributed by atoms with Gasteiger partial charge in [-0.05, 0) is 65.2 Å². The molecule has 8 atom stereocenters. The fourth-order valence-electron chi connectivity index (χ4n) is 10.3. The highest BCUT2D eigenvalue weighted by atomic mass is 16.5. The lowest BCUT2D eigenvalue weighted by molar-refractivity contribution is -0.00676. The molecule has 3 N–H and O–H groups in total. The number of ether oxygens (including phenoxy) is 13. The lowest BCUT2D eigenvalue weighted by Crippen LogP contribution is -2.40. The average Bonchev–Trinajstić information content (AvgIpc) is 3.41. The van der Waals surface area contributed by atoms with Gasteiger partial charge in [0, 0.05) is 58.2 Å². The highest BCUT2D eigenvalue weighted by Gasteiger charge is 2.51. The van der Waals surface area contributed by atoms with Gasteiger partial charge >= 0.3 is 0 Å². The quantitative estimate of drug-likeness (QED) is 0.0898. The van der Waals surface area contributed by atoms with Crippen LogP contribution in [-0.4, -0.2) is 105 Å². The summed E-state index contributed by atoms with van der Waals surface area (Å²) in [6.45, 7) is 0. The molecule has 9 rings (SSSR count). The highest BCUT2D eigenvalue weighted by Crippen LogP contribution is 2.62. The van der Waals surface area contributed by atoms with Crippen molar-refractivity contribution in [3.05, 3.63) is 136 Å². The Balaban J connectivity index is 1.37. The number of fused-ring (bicyclic) bond motifs is 4. The minimum absolute atomic E-state index is 0.0111. The van der Waals surface area contributed by atoms with Gasteiger partial charge < -0.3 is 76.9 Å². The van der Waals surface area contributed by atoms with Gasteiger partial charge in [-0.2, -0.15) is 0 Å². The Morgan fingerprint density at radius 3 is 1.28 bits per heavy atom. The van der Waals surface area contributed by atoms with Crippen LogP contribution in [-0.2, 0) is 6.42 Å². The van der Waals surface area contributed by atoms with Gasteiger partial charge in [0.25, 0.3) is 0 Å². The van der Waals surface area contributed by atoms with Crippen LogP contribution in [0.3, 0.4) is 0 Å². The predicted octanol–water partition coefficient (Wildman–Crippen LogP) is 8.06. The van der Waals surface area contributed by atoms with Crippen molar-refractivity contribution < 1.29 is 76.9 Å². The van der Waals surface area contributed by atoms with Gasteiger partial charge in [-0.25, -0.2) is 0 Å². The summed E-state index contributed by atoms with van der Waals surface area (Å²) in [5.74, 6) is 3.51. The standard InChI is InChI=1S/C55H58O16/c1-59-30-14-16-32(39(24-30)64-6)44-46-54(71-52(49(44)58)29-13-20-38(63-5)43(23-29)67-9)34-26-35(56)50(27-11-18-36(61-3)41(21-27)65-7)70-53(34)47(55(46)68-10)45-33-17-15-31(60-2)25-40(33)69-51(48(45)57)28-12-19-37(62-4)42(22-28)66-8/h11-25,35,44-45,48-52,56-58H,26H2,1-10H3/t35-,44+,45+,48-,49-,50+,51+,52-/m0/s1. The Labute approximate surface area is 411 Å². The topological polar surface area (TPSA) is 181 Å². The molecule has 0 fully saturated rings. The second-order valence-electron chi connectivity index (χ2n) is 17.2. The number of methoxy groups -OCH3 is 10. The Morgan fingerprint density at radius 2 is 0.817 bits per heavy atom. The number of aliphatic hydroxyl groups excluding tert-OH is 3. The smallest absolute Gasteiger partial charge is 0.161 e. The zero-order valence-electron chi connectivity index (χ0n) is 41.1. The van der Waals surface area contributed by atoms with E-state index in [1.165, 1.54) is 28.4 Å². The summed E-state index contributed by atoms with van der Waals surface area (Å²) in [6.07, 6.45) is -6.88. The minimum Gasteiger partial charge on any atom is -0.497 e. The fraction of sp³-hybridized carbons (Fsp3) is 0.345. The molecule has 16 nitrogen and oxygen atoms in total. The minimum atomic E-state index is -1.34. The molecule has 16 heteroatoms. The van der Waals surface area contributed by atoms with Crippen molar-refractivity contribution in [3.63, 3.8) is 0 Å². The van der Waals surface area contributed by atoms with Crippen molar-refractivity contribution in [2.45, 2.75) is 54.9 Å². The molecule has 0 unspecified atom stereocenters. The van der Waals surface area contributed by atoms with E-state index < -0.39 is 48.5 Å². The molecular formula is C55H58O16. The molecule has 0 bridgehead atoms. The van der Waals surface area contributed by atoms with Crippen LogP contribution in [0.1, 0.15) is 74.7 Å². The first-order chi connectivity index (χ1) is 34.5. The monoisotopic (exact) mass is 974 g/mol. The lowest BCUT2D eigenvalue weighted by Gasteiger charge is -2.44. The van der Waals surface area contributed by atoms with Gasteiger partial charge in [0.05, 0.1) is 77.2 Å². The van der Waals surface area contributed by atoms with E-state index in [0.717, 1.165) is 0 Å². The molecule has 0 amide bonds. The van der Waals surface area contributed by atoms with Gasteiger partial charge in [0.1, 0.15) is 58.6 Å². The summed E-state index contributed by atoms with van der Waals surface area (Å²) in [7, 11) is 15.4. The van der Waals surface area contributed by atoms with Crippen LogP contribution in [0.5, 0.6) is 74.7 Å². The first-order valence-corrected chi connectivity index (χ1v) is 22.9. The number of benzene rings is 6. The molecule has 3 aliphatic heterocycles. The van der Waals surface area contributed by atoms with Crippen molar-refractivity contribution in [1.82, 2.24) is 0 Å². The van der Waals surface area contributed by atoms with E-state index in [1.807, 2.05) is 18.2 Å². The molecule has 0 aliphatic carbocycles. The van der Waals surface area contributed by atoms with Gasteiger partial charge in [0.2, 0.25) is 0 Å². The Morgan fingerprint density at radius 1 is 0.394 bits per heavy atom. The molecule has 0 radical (unpaired) electrons. The molecule has 0 spiro atoms. The average molecular weight is 975 g/mol. The lowest BCUT2D eigenvalue weighted by atomic mass is 9.72. The van der Waals surface area contributed by atoms with Crippen molar-refractivity contribution in [1.29, 1.82) is 0 Å². The fourth-order valence-corrected chi connectivity index (χ4v) is 10.3. The van der Waals surface area contributed by atoms with Crippen molar-refractivity contribution in [2.75, 3.05) is 71.1 Å². The SMILES string of the molecule is COc1ccc2c(c1)O[C@H](c1ccc(OC)c(OC)c1)[C@@H](O)[C@H]2c1c2c(c3c(c1OC)[C@@H](c1ccc(OC)cc1OC)[C@H](O)[C@H](c1ccc(OC)c(OC)c1)O3)C[C@H](O)[C@@H](c1ccc(OC)c(OC)c1)O2. The highest BCUT2D eigenvalue weighted by molar-refractivity contribution is 5.72. The number of rotatable bonds is 15. The number of hydrogen-bond acceptors (Lipinski definition) is 16. The first kappa shape index (κ1) is 48.6. The van der Waals surface area contributed by atoms with E-state index >= 15 is 0 Å². The number of aliphatic hydroxyl groups is 3. The molecule has 374 valence electrons. The van der Waals surface area contributed by atoms with Crippen LogP contribution < -0.4 is 61.6 Å². The van der Waals surface area contributed by atoms with Crippen molar-refractivity contribution >= 4 is 0 Å². The van der Waals surface area contributed by atoms with E-state index in [4.69, 9.17) is 61.6 Å². The summed E-state index contributed by atoms with van der Waals surface area (Å²) >= 11 is 0. The predicted molar refractivity (Wildman–Crippen MR) is 260 cm³/mol. The van der Waals surface area contributed by atoms with Gasteiger partial charge in [-0.3, -0.25) is 0 Å². The van der Waals surface area contributed by atoms with E-state index in [9.17, 15) is 15.3 Å².